The summed E-state index contributed by atoms with van der Waals surface area (Å²) < 4.78 is 5.21. The highest BCUT2D eigenvalue weighted by Crippen LogP contribution is 2.24. The van der Waals surface area contributed by atoms with Crippen molar-refractivity contribution in [2.24, 2.45) is 0 Å². The standard InChI is InChI=1S/C13H17NO2/c1-9(15)3-4-10-8-14-13-6-5-11(16-2)7-12(10)13/h5-9,14-15H,3-4H2,1-2H3. The molecule has 0 aliphatic heterocycles. The lowest BCUT2D eigenvalue weighted by Gasteiger charge is -2.04. The van der Waals surface area contributed by atoms with E-state index in [0.717, 1.165) is 24.1 Å². The molecule has 0 aliphatic rings. The van der Waals surface area contributed by atoms with Crippen LogP contribution in [-0.4, -0.2) is 23.3 Å². The fourth-order valence-corrected chi connectivity index (χ4v) is 1.86. The Hall–Kier alpha value is -1.48. The molecule has 0 amide bonds. The van der Waals surface area contributed by atoms with Gasteiger partial charge in [0.2, 0.25) is 0 Å². The molecule has 1 atom stereocenters. The summed E-state index contributed by atoms with van der Waals surface area (Å²) in [5.41, 5.74) is 2.34. The van der Waals surface area contributed by atoms with E-state index in [1.165, 1.54) is 10.9 Å². The van der Waals surface area contributed by atoms with E-state index in [2.05, 4.69) is 4.98 Å². The highest BCUT2D eigenvalue weighted by atomic mass is 16.5. The van der Waals surface area contributed by atoms with Crippen molar-refractivity contribution in [2.75, 3.05) is 7.11 Å². The van der Waals surface area contributed by atoms with Crippen molar-refractivity contribution >= 4 is 10.9 Å². The maximum Gasteiger partial charge on any atom is 0.119 e. The minimum Gasteiger partial charge on any atom is -0.497 e. The van der Waals surface area contributed by atoms with Crippen molar-refractivity contribution in [3.05, 3.63) is 30.0 Å². The van der Waals surface area contributed by atoms with E-state index in [0.29, 0.717) is 0 Å². The monoisotopic (exact) mass is 219 g/mol. The highest BCUT2D eigenvalue weighted by Gasteiger charge is 2.06. The first-order valence-corrected chi connectivity index (χ1v) is 5.53. The van der Waals surface area contributed by atoms with Crippen LogP contribution in [0.15, 0.2) is 24.4 Å². The smallest absolute Gasteiger partial charge is 0.119 e. The van der Waals surface area contributed by atoms with Gasteiger partial charge in [-0.3, -0.25) is 0 Å². The normalized spacial score (nSPS) is 12.9. The summed E-state index contributed by atoms with van der Waals surface area (Å²) in [6.07, 6.45) is 3.41. The zero-order valence-corrected chi connectivity index (χ0v) is 9.66. The number of aryl methyl sites for hydroxylation is 1. The van der Waals surface area contributed by atoms with Gasteiger partial charge in [0.1, 0.15) is 5.75 Å². The summed E-state index contributed by atoms with van der Waals surface area (Å²) in [6.45, 7) is 1.81. The molecule has 1 unspecified atom stereocenters. The molecule has 3 heteroatoms. The number of nitrogens with one attached hydrogen (secondary N) is 1. The molecule has 0 bridgehead atoms. The minimum atomic E-state index is -0.254. The predicted octanol–water partition coefficient (Wildman–Crippen LogP) is 2.49. The van der Waals surface area contributed by atoms with Gasteiger partial charge in [0.25, 0.3) is 0 Å². The van der Waals surface area contributed by atoms with Crippen LogP contribution in [0.3, 0.4) is 0 Å². The van der Waals surface area contributed by atoms with Gasteiger partial charge >= 0.3 is 0 Å². The lowest BCUT2D eigenvalue weighted by atomic mass is 10.1. The minimum absolute atomic E-state index is 0.254. The third kappa shape index (κ3) is 2.19. The Morgan fingerprint density at radius 2 is 2.25 bits per heavy atom. The Bertz CT molecular complexity index is 474. The summed E-state index contributed by atoms with van der Waals surface area (Å²) >= 11 is 0. The van der Waals surface area contributed by atoms with Crippen molar-refractivity contribution in [3.63, 3.8) is 0 Å². The van der Waals surface area contributed by atoms with Crippen LogP contribution in [0.1, 0.15) is 18.9 Å². The number of hydrogen-bond acceptors (Lipinski definition) is 2. The van der Waals surface area contributed by atoms with Crippen molar-refractivity contribution in [1.82, 2.24) is 4.98 Å². The second-order valence-electron chi connectivity index (χ2n) is 4.11. The highest BCUT2D eigenvalue weighted by molar-refractivity contribution is 5.84. The number of aliphatic hydroxyl groups excluding tert-OH is 1. The molecule has 2 aromatic rings. The van der Waals surface area contributed by atoms with Crippen molar-refractivity contribution in [2.45, 2.75) is 25.9 Å². The van der Waals surface area contributed by atoms with Crippen molar-refractivity contribution in [1.29, 1.82) is 0 Å². The maximum absolute atomic E-state index is 9.29. The predicted molar refractivity (Wildman–Crippen MR) is 64.9 cm³/mol. The molecule has 86 valence electrons. The summed E-state index contributed by atoms with van der Waals surface area (Å²) in [6, 6.07) is 5.99. The van der Waals surface area contributed by atoms with Crippen LogP contribution in [0, 0.1) is 0 Å². The molecule has 0 saturated carbocycles. The molecule has 2 rings (SSSR count). The van der Waals surface area contributed by atoms with Crippen LogP contribution in [0.4, 0.5) is 0 Å². The molecule has 0 aliphatic carbocycles. The molecule has 3 nitrogen and oxygen atoms in total. The van der Waals surface area contributed by atoms with Crippen LogP contribution in [0.25, 0.3) is 10.9 Å². The Morgan fingerprint density at radius 1 is 1.44 bits per heavy atom. The van der Waals surface area contributed by atoms with E-state index in [1.807, 2.05) is 31.3 Å². The first-order chi connectivity index (χ1) is 7.70. The van der Waals surface area contributed by atoms with Gasteiger partial charge in [-0.25, -0.2) is 0 Å². The van der Waals surface area contributed by atoms with E-state index in [4.69, 9.17) is 4.74 Å². The molecule has 1 heterocycles. The largest absolute Gasteiger partial charge is 0.497 e. The number of ether oxygens (including phenoxy) is 1. The number of rotatable bonds is 4. The van der Waals surface area contributed by atoms with Gasteiger partial charge in [-0.2, -0.15) is 0 Å². The van der Waals surface area contributed by atoms with Gasteiger partial charge in [0.05, 0.1) is 13.2 Å². The number of fused-ring (bicyclic) bond motifs is 1. The second kappa shape index (κ2) is 4.58. The number of benzene rings is 1. The molecular formula is C13H17NO2. The average molecular weight is 219 g/mol. The Balaban J connectivity index is 2.30. The molecule has 0 spiro atoms. The molecule has 1 aromatic heterocycles. The number of aromatic amines is 1. The molecule has 16 heavy (non-hydrogen) atoms. The summed E-state index contributed by atoms with van der Waals surface area (Å²) in [5, 5.41) is 10.5. The number of hydrogen-bond donors (Lipinski definition) is 2. The van der Waals surface area contributed by atoms with Crippen LogP contribution in [0.2, 0.25) is 0 Å². The van der Waals surface area contributed by atoms with Gasteiger partial charge in [-0.1, -0.05) is 0 Å². The zero-order chi connectivity index (χ0) is 11.5. The van der Waals surface area contributed by atoms with Crippen LogP contribution in [-0.2, 0) is 6.42 Å². The van der Waals surface area contributed by atoms with Gasteiger partial charge in [-0.15, -0.1) is 0 Å². The SMILES string of the molecule is COc1ccc2[nH]cc(CCC(C)O)c2c1. The number of aromatic nitrogens is 1. The van der Waals surface area contributed by atoms with Gasteiger partial charge < -0.3 is 14.8 Å². The lowest BCUT2D eigenvalue weighted by Crippen LogP contribution is -2.00. The first kappa shape index (κ1) is 11.0. The molecule has 1 aromatic carbocycles. The fraction of sp³-hybridized carbons (Fsp3) is 0.385. The third-order valence-corrected chi connectivity index (χ3v) is 2.81. The summed E-state index contributed by atoms with van der Waals surface area (Å²) in [4.78, 5) is 3.23. The van der Waals surface area contributed by atoms with Crippen LogP contribution < -0.4 is 4.74 Å². The Labute approximate surface area is 95.1 Å². The van der Waals surface area contributed by atoms with E-state index in [9.17, 15) is 5.11 Å². The maximum atomic E-state index is 9.29. The van der Waals surface area contributed by atoms with Crippen molar-refractivity contribution in [3.8, 4) is 5.75 Å². The molecule has 0 saturated heterocycles. The Morgan fingerprint density at radius 3 is 2.94 bits per heavy atom. The first-order valence-electron chi connectivity index (χ1n) is 5.53. The quantitative estimate of drug-likeness (QED) is 0.829. The second-order valence-corrected chi connectivity index (χ2v) is 4.11. The average Bonchev–Trinajstić information content (AvgIpc) is 2.68. The summed E-state index contributed by atoms with van der Waals surface area (Å²) in [5.74, 6) is 0.866. The molecule has 0 radical (unpaired) electrons. The van der Waals surface area contributed by atoms with Gasteiger partial charge in [0.15, 0.2) is 0 Å². The van der Waals surface area contributed by atoms with Crippen LogP contribution in [0.5, 0.6) is 5.75 Å². The zero-order valence-electron chi connectivity index (χ0n) is 9.66. The fourth-order valence-electron chi connectivity index (χ4n) is 1.86. The van der Waals surface area contributed by atoms with E-state index >= 15 is 0 Å². The van der Waals surface area contributed by atoms with E-state index in [1.54, 1.807) is 7.11 Å². The Kier molecular flexibility index (Phi) is 3.15. The molecular weight excluding hydrogens is 202 g/mol. The van der Waals surface area contributed by atoms with Gasteiger partial charge in [0, 0.05) is 17.1 Å². The summed E-state index contributed by atoms with van der Waals surface area (Å²) in [7, 11) is 1.67. The molecule has 2 N–H and O–H groups in total. The lowest BCUT2D eigenvalue weighted by molar-refractivity contribution is 0.185. The van der Waals surface area contributed by atoms with Gasteiger partial charge in [-0.05, 0) is 43.5 Å². The topological polar surface area (TPSA) is 45.2 Å². The van der Waals surface area contributed by atoms with E-state index in [-0.39, 0.29) is 6.10 Å². The number of H-pyrrole nitrogens is 1. The number of aliphatic hydroxyl groups is 1. The number of methoxy groups -OCH3 is 1. The van der Waals surface area contributed by atoms with Crippen molar-refractivity contribution < 1.29 is 9.84 Å². The third-order valence-electron chi connectivity index (χ3n) is 2.81. The molecule has 0 fully saturated rings. The van der Waals surface area contributed by atoms with E-state index < -0.39 is 0 Å². The van der Waals surface area contributed by atoms with Crippen LogP contribution >= 0.6 is 0 Å².